The number of nitrogens with zero attached hydrogens (tertiary/aromatic N) is 3. The smallest absolute Gasteiger partial charge is 0.276 e. The Kier molecular flexibility index (Phi) is 4.48. The number of benzene rings is 2. The van der Waals surface area contributed by atoms with Crippen molar-refractivity contribution in [2.24, 2.45) is 0 Å². The highest BCUT2D eigenvalue weighted by Crippen LogP contribution is 2.31. The van der Waals surface area contributed by atoms with Gasteiger partial charge in [-0.1, -0.05) is 0 Å². The summed E-state index contributed by atoms with van der Waals surface area (Å²) in [5.41, 5.74) is 8.69. The van der Waals surface area contributed by atoms with E-state index in [2.05, 4.69) is 19.9 Å². The normalized spacial score (nSPS) is 15.1. The summed E-state index contributed by atoms with van der Waals surface area (Å²) < 4.78 is 13.4. The van der Waals surface area contributed by atoms with Crippen molar-refractivity contribution in [1.82, 2.24) is 24.8 Å². The number of nitrogens with one attached hydrogen (secondary N) is 2. The monoisotopic (exact) mass is 420 g/mol. The fourth-order valence-electron chi connectivity index (χ4n) is 3.95. The second-order valence-electron chi connectivity index (χ2n) is 7.85. The molecule has 0 saturated carbocycles. The van der Waals surface area contributed by atoms with Crippen LogP contribution in [0.2, 0.25) is 0 Å². The van der Waals surface area contributed by atoms with E-state index >= 15 is 0 Å². The first-order chi connectivity index (χ1) is 14.9. The number of anilines is 1. The van der Waals surface area contributed by atoms with E-state index in [-0.39, 0.29) is 11.6 Å². The Balaban J connectivity index is 1.56. The van der Waals surface area contributed by atoms with E-state index in [0.717, 1.165) is 13.1 Å². The highest BCUT2D eigenvalue weighted by molar-refractivity contribution is 6.04. The second-order valence-corrected chi connectivity index (χ2v) is 7.85. The summed E-state index contributed by atoms with van der Waals surface area (Å²) >= 11 is 0. The van der Waals surface area contributed by atoms with Crippen LogP contribution >= 0.6 is 0 Å². The molecule has 1 amide bonds. The van der Waals surface area contributed by atoms with Crippen molar-refractivity contribution in [3.63, 3.8) is 0 Å². The van der Waals surface area contributed by atoms with Gasteiger partial charge in [0.05, 0.1) is 22.4 Å². The van der Waals surface area contributed by atoms with Crippen molar-refractivity contribution in [2.45, 2.75) is 0 Å². The van der Waals surface area contributed by atoms with Crippen LogP contribution in [0.25, 0.3) is 33.3 Å². The fourth-order valence-corrected chi connectivity index (χ4v) is 3.95. The van der Waals surface area contributed by atoms with E-state index in [1.807, 2.05) is 11.9 Å². The molecule has 3 heterocycles. The van der Waals surface area contributed by atoms with Crippen LogP contribution in [-0.4, -0.2) is 63.9 Å². The highest BCUT2D eigenvalue weighted by atomic mass is 19.1. The van der Waals surface area contributed by atoms with E-state index in [1.54, 1.807) is 18.2 Å². The van der Waals surface area contributed by atoms with Crippen molar-refractivity contribution in [1.29, 1.82) is 0 Å². The standard InChI is InChI=1S/C22H21FN6O2/c1-28-6-8-29(9-7-28)22(31)12-2-4-15-14(10-12)18(24)19(25-15)20-21(30)27-17-11-13(23)3-5-16(17)26-20/h2-5,10-11,25H,6-9,24H2,1H3,(H,27,30). The molecule has 1 aliphatic heterocycles. The van der Waals surface area contributed by atoms with Crippen molar-refractivity contribution in [3.05, 3.63) is 58.1 Å². The lowest BCUT2D eigenvalue weighted by molar-refractivity contribution is 0.0664. The third kappa shape index (κ3) is 3.32. The van der Waals surface area contributed by atoms with Gasteiger partial charge in [0.15, 0.2) is 5.69 Å². The predicted molar refractivity (Wildman–Crippen MR) is 117 cm³/mol. The molecule has 9 heteroatoms. The lowest BCUT2D eigenvalue weighted by atomic mass is 10.1. The average molecular weight is 420 g/mol. The Morgan fingerprint density at radius 1 is 1.06 bits per heavy atom. The van der Waals surface area contributed by atoms with E-state index in [1.165, 1.54) is 18.2 Å². The molecule has 1 fully saturated rings. The number of aromatic amines is 2. The number of halogens is 1. The Bertz CT molecular complexity index is 1380. The van der Waals surface area contributed by atoms with E-state index in [9.17, 15) is 14.0 Å². The lowest BCUT2D eigenvalue weighted by Crippen LogP contribution is -2.47. The zero-order chi connectivity index (χ0) is 21.7. The number of aromatic nitrogens is 3. The molecule has 0 spiro atoms. The molecule has 8 nitrogen and oxygen atoms in total. The summed E-state index contributed by atoms with van der Waals surface area (Å²) in [6.07, 6.45) is 0. The highest BCUT2D eigenvalue weighted by Gasteiger charge is 2.22. The largest absolute Gasteiger partial charge is 0.396 e. The molecule has 31 heavy (non-hydrogen) atoms. The summed E-state index contributed by atoms with van der Waals surface area (Å²) in [5, 5.41) is 0.649. The van der Waals surface area contributed by atoms with Crippen LogP contribution in [0.4, 0.5) is 10.1 Å². The number of fused-ring (bicyclic) bond motifs is 2. The minimum atomic E-state index is -0.481. The molecule has 2 aromatic carbocycles. The van der Waals surface area contributed by atoms with Gasteiger partial charge in [-0.25, -0.2) is 9.37 Å². The third-order valence-corrected chi connectivity index (χ3v) is 5.77. The number of hydrogen-bond donors (Lipinski definition) is 3. The average Bonchev–Trinajstić information content (AvgIpc) is 3.09. The number of likely N-dealkylation sites (N-methyl/N-ethyl adjacent to an activating group) is 1. The molecule has 4 N–H and O–H groups in total. The van der Waals surface area contributed by atoms with Crippen LogP contribution in [0.5, 0.6) is 0 Å². The molecular formula is C22H21FN6O2. The topological polar surface area (TPSA) is 111 Å². The van der Waals surface area contributed by atoms with Crippen LogP contribution in [0.1, 0.15) is 10.4 Å². The number of piperazine rings is 1. The van der Waals surface area contributed by atoms with Crippen molar-refractivity contribution < 1.29 is 9.18 Å². The molecule has 5 rings (SSSR count). The first-order valence-corrected chi connectivity index (χ1v) is 9.99. The molecule has 0 radical (unpaired) electrons. The maximum atomic E-state index is 13.4. The maximum absolute atomic E-state index is 13.4. The molecule has 2 aromatic heterocycles. The fraction of sp³-hybridized carbons (Fsp3) is 0.227. The number of rotatable bonds is 2. The summed E-state index contributed by atoms with van der Waals surface area (Å²) in [4.78, 5) is 39.7. The zero-order valence-electron chi connectivity index (χ0n) is 16.9. The van der Waals surface area contributed by atoms with Gasteiger partial charge in [0.25, 0.3) is 11.5 Å². The first kappa shape index (κ1) is 19.3. The summed E-state index contributed by atoms with van der Waals surface area (Å²) in [6.45, 7) is 3.03. The van der Waals surface area contributed by atoms with Gasteiger partial charge in [-0.2, -0.15) is 0 Å². The Hall–Kier alpha value is -3.72. The number of nitrogen functional groups attached to an aromatic ring is 1. The van der Waals surface area contributed by atoms with Gasteiger partial charge in [0, 0.05) is 42.6 Å². The van der Waals surface area contributed by atoms with E-state index in [4.69, 9.17) is 5.73 Å². The van der Waals surface area contributed by atoms with Crippen LogP contribution < -0.4 is 11.3 Å². The molecule has 0 aliphatic carbocycles. The van der Waals surface area contributed by atoms with Crippen molar-refractivity contribution in [2.75, 3.05) is 39.0 Å². The quantitative estimate of drug-likeness (QED) is 0.460. The van der Waals surface area contributed by atoms with Crippen LogP contribution in [-0.2, 0) is 0 Å². The third-order valence-electron chi connectivity index (χ3n) is 5.77. The number of H-pyrrole nitrogens is 2. The molecule has 1 aliphatic rings. The van der Waals surface area contributed by atoms with Gasteiger partial charge in [-0.3, -0.25) is 9.59 Å². The number of carbonyl (C=O) groups is 1. The van der Waals surface area contributed by atoms with Gasteiger partial charge >= 0.3 is 0 Å². The molecule has 1 saturated heterocycles. The number of carbonyl (C=O) groups excluding carboxylic acids is 1. The SMILES string of the molecule is CN1CCN(C(=O)c2ccc3[nH]c(-c4nc5ccc(F)cc5[nH]c4=O)c(N)c3c2)CC1. The summed E-state index contributed by atoms with van der Waals surface area (Å²) in [7, 11) is 2.04. The molecule has 0 bridgehead atoms. The van der Waals surface area contributed by atoms with Gasteiger partial charge in [-0.05, 0) is 43.4 Å². The molecule has 4 aromatic rings. The molecule has 0 atom stereocenters. The summed E-state index contributed by atoms with van der Waals surface area (Å²) in [5.74, 6) is -0.499. The molecular weight excluding hydrogens is 399 g/mol. The van der Waals surface area contributed by atoms with Crippen LogP contribution in [0.3, 0.4) is 0 Å². The van der Waals surface area contributed by atoms with Crippen LogP contribution in [0, 0.1) is 5.82 Å². The van der Waals surface area contributed by atoms with Gasteiger partial charge < -0.3 is 25.5 Å². The Labute approximate surface area is 176 Å². The predicted octanol–water partition coefficient (Wildman–Crippen LogP) is 2.18. The minimum absolute atomic E-state index is 0.0409. The first-order valence-electron chi connectivity index (χ1n) is 9.99. The molecule has 158 valence electrons. The summed E-state index contributed by atoms with van der Waals surface area (Å²) in [6, 6.07) is 9.28. The maximum Gasteiger partial charge on any atom is 0.276 e. The number of amides is 1. The van der Waals surface area contributed by atoms with Gasteiger partial charge in [0.2, 0.25) is 0 Å². The number of nitrogens with two attached hydrogens (primary N) is 1. The Morgan fingerprint density at radius 3 is 2.61 bits per heavy atom. The molecule has 0 unspecified atom stereocenters. The Morgan fingerprint density at radius 2 is 1.84 bits per heavy atom. The second kappa shape index (κ2) is 7.21. The van der Waals surface area contributed by atoms with Gasteiger partial charge in [-0.15, -0.1) is 0 Å². The van der Waals surface area contributed by atoms with Crippen LogP contribution in [0.15, 0.2) is 41.2 Å². The van der Waals surface area contributed by atoms with E-state index in [0.29, 0.717) is 52.0 Å². The number of hydrogen-bond acceptors (Lipinski definition) is 5. The van der Waals surface area contributed by atoms with Gasteiger partial charge in [0.1, 0.15) is 5.82 Å². The zero-order valence-corrected chi connectivity index (χ0v) is 16.9. The van der Waals surface area contributed by atoms with E-state index < -0.39 is 11.4 Å². The lowest BCUT2D eigenvalue weighted by Gasteiger charge is -2.32. The van der Waals surface area contributed by atoms with Crippen molar-refractivity contribution >= 4 is 33.5 Å². The minimum Gasteiger partial charge on any atom is -0.396 e. The van der Waals surface area contributed by atoms with Crippen molar-refractivity contribution in [3.8, 4) is 11.4 Å².